The minimum Gasteiger partial charge on any atom is -0.455 e. The summed E-state index contributed by atoms with van der Waals surface area (Å²) in [7, 11) is -7.21. The first kappa shape index (κ1) is 19.1. The Labute approximate surface area is 164 Å². The molecule has 5 nitrogen and oxygen atoms in total. The summed E-state index contributed by atoms with van der Waals surface area (Å²) in [6.45, 7) is 0. The molecule has 0 amide bonds. The Bertz CT molecular complexity index is 1130. The zero-order valence-corrected chi connectivity index (χ0v) is 17.3. The van der Waals surface area contributed by atoms with Crippen LogP contribution in [-0.4, -0.2) is 29.3 Å². The van der Waals surface area contributed by atoms with Crippen molar-refractivity contribution in [2.75, 3.05) is 12.5 Å². The van der Waals surface area contributed by atoms with Crippen LogP contribution in [-0.2, 0) is 19.7 Å². The van der Waals surface area contributed by atoms with Crippen molar-refractivity contribution in [1.29, 1.82) is 0 Å². The van der Waals surface area contributed by atoms with Gasteiger partial charge in [-0.2, -0.15) is 0 Å². The number of halogens is 3. The predicted molar refractivity (Wildman–Crippen MR) is 98.3 cm³/mol. The Morgan fingerprint density at radius 3 is 2.04 bits per heavy atom. The van der Waals surface area contributed by atoms with Crippen molar-refractivity contribution in [3.8, 4) is 11.5 Å². The van der Waals surface area contributed by atoms with Crippen molar-refractivity contribution >= 4 is 66.2 Å². The minimum atomic E-state index is -3.66. The van der Waals surface area contributed by atoms with Crippen molar-refractivity contribution in [3.63, 3.8) is 0 Å². The molecule has 134 valence electrons. The molecule has 1 aliphatic heterocycles. The lowest BCUT2D eigenvalue weighted by Gasteiger charge is -2.23. The van der Waals surface area contributed by atoms with E-state index < -0.39 is 19.7 Å². The fourth-order valence-electron chi connectivity index (χ4n) is 2.26. The maximum Gasteiger partial charge on any atom is 0.178 e. The smallest absolute Gasteiger partial charge is 0.178 e. The van der Waals surface area contributed by atoms with Crippen molar-refractivity contribution in [3.05, 3.63) is 33.3 Å². The number of fused-ring (bicyclic) bond motifs is 2. The van der Waals surface area contributed by atoms with Gasteiger partial charge in [-0.15, -0.1) is 0 Å². The van der Waals surface area contributed by atoms with E-state index >= 15 is 0 Å². The molecule has 2 aromatic carbocycles. The molecule has 0 N–H and O–H groups in total. The van der Waals surface area contributed by atoms with E-state index in [1.807, 2.05) is 0 Å². The third kappa shape index (κ3) is 3.48. The van der Waals surface area contributed by atoms with E-state index in [2.05, 4.69) is 0 Å². The van der Waals surface area contributed by atoms with Gasteiger partial charge in [-0.25, -0.2) is 16.8 Å². The summed E-state index contributed by atoms with van der Waals surface area (Å²) in [6.07, 6.45) is 2.04. The van der Waals surface area contributed by atoms with Gasteiger partial charge in [0.15, 0.2) is 19.7 Å². The van der Waals surface area contributed by atoms with E-state index in [9.17, 15) is 16.8 Å². The second-order valence-corrected chi connectivity index (χ2v) is 11.5. The molecule has 0 fully saturated rings. The average Bonchev–Trinajstić information content (AvgIpc) is 2.42. The van der Waals surface area contributed by atoms with Gasteiger partial charge in [0.25, 0.3) is 0 Å². The van der Waals surface area contributed by atoms with Gasteiger partial charge in [0.1, 0.15) is 16.4 Å². The van der Waals surface area contributed by atoms with E-state index in [-0.39, 0.29) is 30.6 Å². The largest absolute Gasteiger partial charge is 0.455 e. The molecule has 0 atom stereocenters. The van der Waals surface area contributed by atoms with Gasteiger partial charge < -0.3 is 4.74 Å². The highest BCUT2D eigenvalue weighted by molar-refractivity contribution is 8.00. The third-order valence-electron chi connectivity index (χ3n) is 3.30. The molecular formula is C14H9Cl3O5S3. The molecule has 0 saturated heterocycles. The topological polar surface area (TPSA) is 77.5 Å². The van der Waals surface area contributed by atoms with Crippen molar-refractivity contribution < 1.29 is 21.6 Å². The summed E-state index contributed by atoms with van der Waals surface area (Å²) in [6, 6.07) is 4.11. The van der Waals surface area contributed by atoms with Crippen LogP contribution in [0.2, 0.25) is 15.1 Å². The first-order valence-corrected chi connectivity index (χ1v) is 12.2. The number of hydrogen-bond donors (Lipinski definition) is 0. The summed E-state index contributed by atoms with van der Waals surface area (Å²) in [5, 5.41) is -0.110. The molecule has 0 radical (unpaired) electrons. The van der Waals surface area contributed by atoms with Gasteiger partial charge in [-0.3, -0.25) is 0 Å². The normalized spacial score (nSPS) is 13.8. The number of sulfone groups is 2. The number of rotatable bonds is 2. The van der Waals surface area contributed by atoms with Gasteiger partial charge >= 0.3 is 0 Å². The van der Waals surface area contributed by atoms with Gasteiger partial charge in [0.05, 0.1) is 29.8 Å². The Hall–Kier alpha value is -0.640. The lowest BCUT2D eigenvalue weighted by molar-refractivity contribution is 0.453. The molecule has 0 aliphatic carbocycles. The Morgan fingerprint density at radius 1 is 0.880 bits per heavy atom. The van der Waals surface area contributed by atoms with Crippen molar-refractivity contribution in [2.24, 2.45) is 0 Å². The highest BCUT2D eigenvalue weighted by Crippen LogP contribution is 2.54. The quantitative estimate of drug-likeness (QED) is 0.552. The summed E-state index contributed by atoms with van der Waals surface area (Å²) < 4.78 is 53.2. The van der Waals surface area contributed by atoms with Crippen LogP contribution in [0.4, 0.5) is 0 Å². The zero-order chi connectivity index (χ0) is 18.7. The van der Waals surface area contributed by atoms with E-state index in [0.29, 0.717) is 15.5 Å². The maximum absolute atomic E-state index is 11.9. The first-order chi connectivity index (χ1) is 11.4. The molecule has 11 heteroatoms. The number of hydrogen-bond acceptors (Lipinski definition) is 6. The van der Waals surface area contributed by atoms with Crippen LogP contribution in [0.3, 0.4) is 0 Å². The molecule has 0 bridgehead atoms. The van der Waals surface area contributed by atoms with Crippen LogP contribution in [0, 0.1) is 0 Å². The average molecular weight is 460 g/mol. The molecule has 0 aromatic heterocycles. The fourth-order valence-corrected chi connectivity index (χ4v) is 6.95. The molecular weight excluding hydrogens is 451 g/mol. The molecule has 3 rings (SSSR count). The second-order valence-electron chi connectivity index (χ2n) is 5.31. The van der Waals surface area contributed by atoms with Crippen LogP contribution >= 0.6 is 46.6 Å². The van der Waals surface area contributed by atoms with Crippen LogP contribution in [0.1, 0.15) is 0 Å². The Morgan fingerprint density at radius 2 is 1.48 bits per heavy atom. The highest BCUT2D eigenvalue weighted by Gasteiger charge is 2.29. The lowest BCUT2D eigenvalue weighted by atomic mass is 10.3. The standard InChI is InChI=1S/C14H9Cl3O5S3/c1-24(18,19)11-5-10-8(3-6(11)15)22-9-4-7(16)14(25(2,20)21)12(17)13(9)23-10/h3-5H,1-2H3. The fraction of sp³-hybridized carbons (Fsp3) is 0.143. The van der Waals surface area contributed by atoms with Gasteiger partial charge in [-0.05, 0) is 6.07 Å². The van der Waals surface area contributed by atoms with Gasteiger partial charge in [-0.1, -0.05) is 46.6 Å². The van der Waals surface area contributed by atoms with Crippen LogP contribution in [0.15, 0.2) is 37.8 Å². The number of benzene rings is 2. The summed E-state index contributed by atoms with van der Waals surface area (Å²) in [5.41, 5.74) is 0. The molecule has 0 saturated carbocycles. The predicted octanol–water partition coefficient (Wildman–Crippen LogP) is 4.71. The zero-order valence-electron chi connectivity index (χ0n) is 12.6. The van der Waals surface area contributed by atoms with Gasteiger partial charge in [0, 0.05) is 24.6 Å². The Kier molecular flexibility index (Phi) is 4.75. The van der Waals surface area contributed by atoms with E-state index in [1.165, 1.54) is 18.2 Å². The SMILES string of the molecule is CS(=O)(=O)c1cc2c(cc1Cl)Oc1cc(Cl)c(S(C)(=O)=O)c(Cl)c1S2. The van der Waals surface area contributed by atoms with E-state index in [4.69, 9.17) is 39.5 Å². The molecule has 0 spiro atoms. The summed E-state index contributed by atoms with van der Waals surface area (Å²) in [4.78, 5) is 0.522. The second kappa shape index (κ2) is 6.21. The molecule has 1 heterocycles. The lowest BCUT2D eigenvalue weighted by Crippen LogP contribution is -2.05. The molecule has 25 heavy (non-hydrogen) atoms. The van der Waals surface area contributed by atoms with Crippen LogP contribution in [0.5, 0.6) is 11.5 Å². The minimum absolute atomic E-state index is 0.0234. The number of ether oxygens (including phenoxy) is 1. The van der Waals surface area contributed by atoms with Crippen molar-refractivity contribution in [1.82, 2.24) is 0 Å². The molecule has 2 aromatic rings. The molecule has 0 unspecified atom stereocenters. The monoisotopic (exact) mass is 458 g/mol. The third-order valence-corrected chi connectivity index (χ3v) is 8.19. The van der Waals surface area contributed by atoms with Gasteiger partial charge in [0.2, 0.25) is 0 Å². The van der Waals surface area contributed by atoms with Crippen LogP contribution < -0.4 is 4.74 Å². The highest BCUT2D eigenvalue weighted by atomic mass is 35.5. The first-order valence-electron chi connectivity index (χ1n) is 6.51. The Balaban J connectivity index is 2.22. The molecule has 1 aliphatic rings. The maximum atomic E-state index is 11.9. The summed E-state index contributed by atoms with van der Waals surface area (Å²) >= 11 is 19.4. The van der Waals surface area contributed by atoms with E-state index in [1.54, 1.807) is 0 Å². The van der Waals surface area contributed by atoms with E-state index in [0.717, 1.165) is 24.3 Å². The van der Waals surface area contributed by atoms with Crippen LogP contribution in [0.25, 0.3) is 0 Å². The summed E-state index contributed by atoms with van der Waals surface area (Å²) in [5.74, 6) is 0.595. The van der Waals surface area contributed by atoms with Crippen molar-refractivity contribution in [2.45, 2.75) is 19.6 Å².